The van der Waals surface area contributed by atoms with Gasteiger partial charge in [-0.2, -0.15) is 0 Å². The van der Waals surface area contributed by atoms with Crippen LogP contribution < -0.4 is 14.4 Å². The predicted octanol–water partition coefficient (Wildman–Crippen LogP) is 4.35. The molecule has 0 aliphatic carbocycles. The van der Waals surface area contributed by atoms with E-state index in [-0.39, 0.29) is 5.91 Å². The monoisotopic (exact) mass is 402 g/mol. The van der Waals surface area contributed by atoms with Gasteiger partial charge in [0.25, 0.3) is 5.91 Å². The number of halogens is 1. The molecule has 1 aliphatic rings. The van der Waals surface area contributed by atoms with Crippen LogP contribution in [0.25, 0.3) is 6.08 Å². The number of carbonyl (C=O) groups excluding carboxylic acids is 1. The molecule has 0 radical (unpaired) electrons. The number of ether oxygens (including phenoxy) is 2. The summed E-state index contributed by atoms with van der Waals surface area (Å²) in [6.07, 6.45) is 1.76. The first-order valence-electron chi connectivity index (χ1n) is 8.36. The van der Waals surface area contributed by atoms with Gasteiger partial charge in [-0.15, -0.1) is 0 Å². The van der Waals surface area contributed by atoms with Gasteiger partial charge in [0.05, 0.1) is 24.4 Å². The normalized spacial score (nSPS) is 15.6. The van der Waals surface area contributed by atoms with Gasteiger partial charge in [0.1, 0.15) is 17.2 Å². The summed E-state index contributed by atoms with van der Waals surface area (Å²) in [6.45, 7) is 2.50. The molecule has 0 unspecified atom stereocenters. The number of amides is 1. The van der Waals surface area contributed by atoms with E-state index in [0.717, 1.165) is 11.3 Å². The van der Waals surface area contributed by atoms with Crippen LogP contribution in [0.2, 0.25) is 5.02 Å². The van der Waals surface area contributed by atoms with Crippen molar-refractivity contribution >= 4 is 46.6 Å². The van der Waals surface area contributed by atoms with Gasteiger partial charge in [-0.05, 0) is 67.2 Å². The van der Waals surface area contributed by atoms with Crippen molar-refractivity contribution in [3.8, 4) is 11.5 Å². The molecule has 140 valence electrons. The minimum absolute atomic E-state index is 0.196. The van der Waals surface area contributed by atoms with E-state index in [1.54, 1.807) is 37.3 Å². The highest BCUT2D eigenvalue weighted by atomic mass is 35.5. The van der Waals surface area contributed by atoms with Crippen molar-refractivity contribution < 1.29 is 14.3 Å². The zero-order chi connectivity index (χ0) is 19.6. The van der Waals surface area contributed by atoms with Gasteiger partial charge in [-0.3, -0.25) is 9.69 Å². The lowest BCUT2D eigenvalue weighted by Crippen LogP contribution is -2.31. The first kappa shape index (κ1) is 19.2. The van der Waals surface area contributed by atoms with Crippen LogP contribution >= 0.6 is 23.8 Å². The van der Waals surface area contributed by atoms with E-state index in [9.17, 15) is 4.79 Å². The highest BCUT2D eigenvalue weighted by Gasteiger charge is 2.36. The lowest BCUT2D eigenvalue weighted by Gasteiger charge is -2.16. The summed E-state index contributed by atoms with van der Waals surface area (Å²) in [7, 11) is 3.33. The molecule has 5 nitrogen and oxygen atoms in total. The number of anilines is 1. The van der Waals surface area contributed by atoms with Crippen molar-refractivity contribution in [3.05, 3.63) is 58.7 Å². The van der Waals surface area contributed by atoms with Crippen molar-refractivity contribution in [2.45, 2.75) is 6.92 Å². The zero-order valence-electron chi connectivity index (χ0n) is 15.2. The van der Waals surface area contributed by atoms with E-state index in [1.165, 1.54) is 4.90 Å². The third kappa shape index (κ3) is 3.77. The Morgan fingerprint density at radius 1 is 1.19 bits per heavy atom. The number of hydrogen-bond acceptors (Lipinski definition) is 4. The molecular formula is C20H19ClN2O3S. The number of nitrogens with zero attached hydrogens (tertiary/aromatic N) is 2. The number of rotatable bonds is 5. The molecule has 1 aliphatic heterocycles. The van der Waals surface area contributed by atoms with Crippen LogP contribution in [0.5, 0.6) is 11.5 Å². The van der Waals surface area contributed by atoms with Crippen LogP contribution in [0.4, 0.5) is 5.69 Å². The van der Waals surface area contributed by atoms with Gasteiger partial charge in [-0.1, -0.05) is 17.7 Å². The molecular weight excluding hydrogens is 384 g/mol. The number of likely N-dealkylation sites (N-methyl/N-ethyl adjacent to an activating group) is 1. The Hall–Kier alpha value is -2.57. The molecule has 0 N–H and O–H groups in total. The fourth-order valence-corrected chi connectivity index (χ4v) is 3.33. The Kier molecular flexibility index (Phi) is 5.68. The predicted molar refractivity (Wildman–Crippen MR) is 111 cm³/mol. The zero-order valence-corrected chi connectivity index (χ0v) is 16.8. The van der Waals surface area contributed by atoms with Gasteiger partial charge in [0.15, 0.2) is 5.11 Å². The maximum absolute atomic E-state index is 13.0. The van der Waals surface area contributed by atoms with Gasteiger partial charge in [0.2, 0.25) is 0 Å². The Labute approximate surface area is 168 Å². The van der Waals surface area contributed by atoms with E-state index < -0.39 is 0 Å². The van der Waals surface area contributed by atoms with E-state index in [2.05, 4.69) is 0 Å². The second-order valence-corrected chi connectivity index (χ2v) is 6.60. The Balaban J connectivity index is 1.91. The minimum atomic E-state index is -0.196. The van der Waals surface area contributed by atoms with Gasteiger partial charge in [-0.25, -0.2) is 0 Å². The van der Waals surface area contributed by atoms with Crippen molar-refractivity contribution in [3.63, 3.8) is 0 Å². The topological polar surface area (TPSA) is 42.0 Å². The van der Waals surface area contributed by atoms with Gasteiger partial charge < -0.3 is 14.4 Å². The minimum Gasteiger partial charge on any atom is -0.495 e. The van der Waals surface area contributed by atoms with Crippen molar-refractivity contribution in [1.82, 2.24) is 4.90 Å². The van der Waals surface area contributed by atoms with Crippen molar-refractivity contribution in [2.75, 3.05) is 25.7 Å². The Morgan fingerprint density at radius 3 is 2.48 bits per heavy atom. The quantitative estimate of drug-likeness (QED) is 0.549. The fraction of sp³-hybridized carbons (Fsp3) is 0.200. The average molecular weight is 403 g/mol. The summed E-state index contributed by atoms with van der Waals surface area (Å²) in [5.74, 6) is 1.13. The SMILES string of the molecule is CCOc1ccc(N2C(=O)/C(=C\c3ccc(OC)c(Cl)c3)N(C)C2=S)cc1. The molecule has 0 saturated carbocycles. The molecule has 0 bridgehead atoms. The second kappa shape index (κ2) is 7.98. The van der Waals surface area contributed by atoms with E-state index in [4.69, 9.17) is 33.3 Å². The Bertz CT molecular complexity index is 912. The molecule has 1 amide bonds. The van der Waals surface area contributed by atoms with Gasteiger partial charge >= 0.3 is 0 Å². The van der Waals surface area contributed by atoms with Crippen LogP contribution in [0.15, 0.2) is 48.2 Å². The van der Waals surface area contributed by atoms with Crippen LogP contribution in [0.3, 0.4) is 0 Å². The van der Waals surface area contributed by atoms with Crippen LogP contribution in [0, 0.1) is 0 Å². The van der Waals surface area contributed by atoms with Crippen LogP contribution in [-0.2, 0) is 4.79 Å². The third-order valence-electron chi connectivity index (χ3n) is 4.15. The summed E-state index contributed by atoms with van der Waals surface area (Å²) in [5.41, 5.74) is 1.94. The molecule has 3 rings (SSSR count). The molecule has 2 aromatic rings. The van der Waals surface area contributed by atoms with E-state index in [1.807, 2.05) is 37.3 Å². The van der Waals surface area contributed by atoms with Crippen LogP contribution in [-0.4, -0.2) is 36.7 Å². The summed E-state index contributed by atoms with van der Waals surface area (Å²) < 4.78 is 10.6. The highest BCUT2D eigenvalue weighted by Crippen LogP contribution is 2.31. The lowest BCUT2D eigenvalue weighted by molar-refractivity contribution is -0.114. The van der Waals surface area contributed by atoms with Crippen LogP contribution in [0.1, 0.15) is 12.5 Å². The summed E-state index contributed by atoms with van der Waals surface area (Å²) in [4.78, 5) is 16.2. The van der Waals surface area contributed by atoms with E-state index in [0.29, 0.717) is 33.9 Å². The molecule has 2 aromatic carbocycles. The smallest absolute Gasteiger partial charge is 0.281 e. The first-order valence-corrected chi connectivity index (χ1v) is 9.15. The Morgan fingerprint density at radius 2 is 1.89 bits per heavy atom. The number of hydrogen-bond donors (Lipinski definition) is 0. The molecule has 0 spiro atoms. The summed E-state index contributed by atoms with van der Waals surface area (Å²) >= 11 is 11.7. The fourth-order valence-electron chi connectivity index (χ4n) is 2.77. The average Bonchev–Trinajstić information content (AvgIpc) is 2.86. The summed E-state index contributed by atoms with van der Waals surface area (Å²) in [6, 6.07) is 12.6. The summed E-state index contributed by atoms with van der Waals surface area (Å²) in [5, 5.41) is 0.890. The lowest BCUT2D eigenvalue weighted by atomic mass is 10.1. The van der Waals surface area contributed by atoms with Gasteiger partial charge in [0, 0.05) is 7.05 Å². The largest absolute Gasteiger partial charge is 0.495 e. The number of thiocarbonyl (C=S) groups is 1. The molecule has 1 saturated heterocycles. The maximum Gasteiger partial charge on any atom is 0.281 e. The molecule has 1 heterocycles. The molecule has 0 atom stereocenters. The standard InChI is InChI=1S/C20H19ClN2O3S/c1-4-26-15-8-6-14(7-9-15)23-19(24)17(22(2)20(23)27)12-13-5-10-18(25-3)16(21)11-13/h5-12H,4H2,1-3H3/b17-12+. The van der Waals surface area contributed by atoms with Crippen molar-refractivity contribution in [2.24, 2.45) is 0 Å². The number of methoxy groups -OCH3 is 1. The third-order valence-corrected chi connectivity index (χ3v) is 4.90. The maximum atomic E-state index is 13.0. The molecule has 0 aromatic heterocycles. The number of carbonyl (C=O) groups is 1. The second-order valence-electron chi connectivity index (χ2n) is 5.83. The van der Waals surface area contributed by atoms with Crippen molar-refractivity contribution in [1.29, 1.82) is 0 Å². The molecule has 1 fully saturated rings. The highest BCUT2D eigenvalue weighted by molar-refractivity contribution is 7.80. The molecule has 7 heteroatoms. The molecule has 27 heavy (non-hydrogen) atoms. The number of benzene rings is 2. The first-order chi connectivity index (χ1) is 13.0. The van der Waals surface area contributed by atoms with E-state index >= 15 is 0 Å².